The molecule has 6 nitrogen and oxygen atoms in total. The predicted octanol–water partition coefficient (Wildman–Crippen LogP) is 3.93. The molecule has 2 aliphatic rings. The molecular formula is C19H17F3N2O4. The van der Waals surface area contributed by atoms with Gasteiger partial charge in [0.25, 0.3) is 0 Å². The van der Waals surface area contributed by atoms with E-state index in [0.29, 0.717) is 12.0 Å². The molecule has 1 saturated heterocycles. The number of benzene rings is 1. The molecule has 4 rings (SSSR count). The first-order valence-electron chi connectivity index (χ1n) is 8.55. The average molecular weight is 394 g/mol. The normalized spacial score (nSPS) is 28.4. The zero-order valence-corrected chi connectivity index (χ0v) is 15.0. The van der Waals surface area contributed by atoms with Gasteiger partial charge in [-0.05, 0) is 32.4 Å². The summed E-state index contributed by atoms with van der Waals surface area (Å²) in [5.74, 6) is -1.19. The largest absolute Gasteiger partial charge is 0.494 e. The molecule has 3 N–H and O–H groups in total. The molecule has 1 aromatic heterocycles. The minimum absolute atomic E-state index is 0.128. The number of ether oxygens (including phenoxy) is 1. The fourth-order valence-corrected chi connectivity index (χ4v) is 4.66. The number of halogens is 3. The quantitative estimate of drug-likeness (QED) is 0.675. The van der Waals surface area contributed by atoms with Crippen molar-refractivity contribution in [3.8, 4) is 17.4 Å². The van der Waals surface area contributed by atoms with Crippen LogP contribution in [0.1, 0.15) is 37.0 Å². The summed E-state index contributed by atoms with van der Waals surface area (Å²) in [4.78, 5) is 2.89. The van der Waals surface area contributed by atoms with Crippen LogP contribution in [0.25, 0.3) is 10.5 Å². The fourth-order valence-electron chi connectivity index (χ4n) is 4.66. The maximum absolute atomic E-state index is 13.3. The topological polar surface area (TPSA) is 79.2 Å². The number of aromatic hydroxyl groups is 2. The standard InChI is InChI=1S/C19H17F3N2O4/c1-17-7-9(8-25)18(2,28-17)14-13(17)15(26)24(16(14)27)10-4-5-12(23-3)11(6-10)19(20,21)22/h4-6,9,25-27H,7-8H2,1-2H3/t9-,17?,18?/m0/s1. The van der Waals surface area contributed by atoms with E-state index in [9.17, 15) is 28.5 Å². The van der Waals surface area contributed by atoms with Crippen molar-refractivity contribution in [1.82, 2.24) is 4.57 Å². The summed E-state index contributed by atoms with van der Waals surface area (Å²) in [6, 6.07) is 2.95. The molecule has 1 fully saturated rings. The van der Waals surface area contributed by atoms with Gasteiger partial charge in [-0.25, -0.2) is 4.85 Å². The van der Waals surface area contributed by atoms with Gasteiger partial charge in [-0.15, -0.1) is 0 Å². The second kappa shape index (κ2) is 5.43. The van der Waals surface area contributed by atoms with Crippen LogP contribution in [0.2, 0.25) is 0 Å². The number of hydrogen-bond donors (Lipinski definition) is 3. The number of fused-ring (bicyclic) bond motifs is 5. The van der Waals surface area contributed by atoms with Gasteiger partial charge in [-0.2, -0.15) is 13.2 Å². The average Bonchev–Trinajstić information content (AvgIpc) is 3.14. The number of aliphatic hydroxyl groups is 1. The first-order chi connectivity index (χ1) is 13.0. The van der Waals surface area contributed by atoms with E-state index in [1.807, 2.05) is 0 Å². The van der Waals surface area contributed by atoms with Crippen molar-refractivity contribution in [2.24, 2.45) is 5.92 Å². The molecule has 0 radical (unpaired) electrons. The van der Waals surface area contributed by atoms with Crippen molar-refractivity contribution in [3.63, 3.8) is 0 Å². The van der Waals surface area contributed by atoms with Gasteiger partial charge in [0, 0.05) is 12.5 Å². The Labute approximate surface area is 158 Å². The van der Waals surface area contributed by atoms with Crippen LogP contribution in [0.3, 0.4) is 0 Å². The Morgan fingerprint density at radius 1 is 1.25 bits per heavy atom. The van der Waals surface area contributed by atoms with Crippen molar-refractivity contribution < 1.29 is 33.2 Å². The van der Waals surface area contributed by atoms with Crippen LogP contribution in [-0.2, 0) is 22.1 Å². The lowest BCUT2D eigenvalue weighted by molar-refractivity contribution is -0.136. The van der Waals surface area contributed by atoms with Crippen LogP contribution in [0.5, 0.6) is 11.8 Å². The number of aromatic nitrogens is 1. The predicted molar refractivity (Wildman–Crippen MR) is 91.3 cm³/mol. The number of hydrogen-bond acceptors (Lipinski definition) is 4. The molecule has 9 heteroatoms. The van der Waals surface area contributed by atoms with E-state index in [2.05, 4.69) is 4.85 Å². The van der Waals surface area contributed by atoms with Crippen molar-refractivity contribution in [3.05, 3.63) is 46.3 Å². The van der Waals surface area contributed by atoms with E-state index in [1.54, 1.807) is 13.8 Å². The lowest BCUT2D eigenvalue weighted by Gasteiger charge is -2.28. The Hall–Kier alpha value is -2.70. The van der Waals surface area contributed by atoms with Gasteiger partial charge in [-0.3, -0.25) is 4.57 Å². The Balaban J connectivity index is 1.96. The summed E-state index contributed by atoms with van der Waals surface area (Å²) in [5, 5.41) is 31.3. The minimum Gasteiger partial charge on any atom is -0.494 e. The smallest absolute Gasteiger partial charge is 0.407 e. The van der Waals surface area contributed by atoms with Crippen molar-refractivity contribution in [1.29, 1.82) is 0 Å². The maximum Gasteiger partial charge on any atom is 0.407 e. The SMILES string of the molecule is [C-]#[N+]c1ccc(-n2c(O)c3c(c2O)C2(C)OC3(C)C[C@H]2CO)cc1C(F)(F)F. The summed E-state index contributed by atoms with van der Waals surface area (Å²) < 4.78 is 46.9. The van der Waals surface area contributed by atoms with Crippen LogP contribution in [-0.4, -0.2) is 26.5 Å². The van der Waals surface area contributed by atoms with Gasteiger partial charge in [0.1, 0.15) is 5.60 Å². The van der Waals surface area contributed by atoms with E-state index < -0.39 is 40.4 Å². The number of aliphatic hydroxyl groups excluding tert-OH is 1. The third-order valence-corrected chi connectivity index (χ3v) is 5.88. The highest BCUT2D eigenvalue weighted by Gasteiger charge is 2.64. The summed E-state index contributed by atoms with van der Waals surface area (Å²) in [6.45, 7) is 10.1. The van der Waals surface area contributed by atoms with Crippen LogP contribution in [0.4, 0.5) is 18.9 Å². The first-order valence-corrected chi connectivity index (χ1v) is 8.55. The second-order valence-corrected chi connectivity index (χ2v) is 7.57. The highest BCUT2D eigenvalue weighted by Crippen LogP contribution is 2.66. The Kier molecular flexibility index (Phi) is 3.62. The molecule has 0 amide bonds. The van der Waals surface area contributed by atoms with Crippen molar-refractivity contribution in [2.45, 2.75) is 37.6 Å². The van der Waals surface area contributed by atoms with Crippen LogP contribution >= 0.6 is 0 Å². The maximum atomic E-state index is 13.3. The van der Waals surface area contributed by atoms with E-state index in [4.69, 9.17) is 11.3 Å². The highest BCUT2D eigenvalue weighted by atomic mass is 19.4. The van der Waals surface area contributed by atoms with E-state index in [-0.39, 0.29) is 23.8 Å². The molecule has 3 atom stereocenters. The van der Waals surface area contributed by atoms with Gasteiger partial charge < -0.3 is 20.1 Å². The summed E-state index contributed by atoms with van der Waals surface area (Å²) in [7, 11) is 0. The van der Waals surface area contributed by atoms with Crippen molar-refractivity contribution >= 4 is 5.69 Å². The van der Waals surface area contributed by atoms with Gasteiger partial charge in [0.15, 0.2) is 5.69 Å². The summed E-state index contributed by atoms with van der Waals surface area (Å²) in [6.07, 6.45) is -4.37. The molecule has 1 aromatic carbocycles. The molecule has 2 aromatic rings. The number of rotatable bonds is 2. The van der Waals surface area contributed by atoms with E-state index >= 15 is 0 Å². The molecule has 2 unspecified atom stereocenters. The Bertz CT molecular complexity index is 1040. The van der Waals surface area contributed by atoms with E-state index in [0.717, 1.165) is 16.7 Å². The van der Waals surface area contributed by atoms with Gasteiger partial charge in [0.2, 0.25) is 11.8 Å². The zero-order chi connectivity index (χ0) is 20.6. The molecule has 2 bridgehead atoms. The Morgan fingerprint density at radius 2 is 1.89 bits per heavy atom. The minimum atomic E-state index is -4.76. The molecule has 0 spiro atoms. The molecule has 148 valence electrons. The van der Waals surface area contributed by atoms with Gasteiger partial charge >= 0.3 is 6.18 Å². The molecule has 3 heterocycles. The third-order valence-electron chi connectivity index (χ3n) is 5.88. The van der Waals surface area contributed by atoms with Crippen molar-refractivity contribution in [2.75, 3.05) is 6.61 Å². The summed E-state index contributed by atoms with van der Waals surface area (Å²) in [5.41, 5.74) is -3.34. The van der Waals surface area contributed by atoms with Gasteiger partial charge in [0.05, 0.1) is 34.6 Å². The number of alkyl halides is 3. The molecule has 0 saturated carbocycles. The highest BCUT2D eigenvalue weighted by molar-refractivity contribution is 5.64. The lowest BCUT2D eigenvalue weighted by atomic mass is 9.73. The third kappa shape index (κ3) is 2.16. The van der Waals surface area contributed by atoms with Crippen LogP contribution in [0.15, 0.2) is 18.2 Å². The molecular weight excluding hydrogens is 377 g/mol. The van der Waals surface area contributed by atoms with E-state index in [1.165, 1.54) is 6.07 Å². The first kappa shape index (κ1) is 18.7. The molecule has 28 heavy (non-hydrogen) atoms. The number of nitrogens with zero attached hydrogens (tertiary/aromatic N) is 2. The Morgan fingerprint density at radius 3 is 2.46 bits per heavy atom. The molecule has 2 aliphatic heterocycles. The van der Waals surface area contributed by atoms with Gasteiger partial charge in [-0.1, -0.05) is 6.07 Å². The fraction of sp³-hybridized carbons (Fsp3) is 0.421. The zero-order valence-electron chi connectivity index (χ0n) is 15.0. The van der Waals surface area contributed by atoms with Crippen LogP contribution in [0, 0.1) is 12.5 Å². The van der Waals surface area contributed by atoms with Crippen LogP contribution < -0.4 is 0 Å². The lowest BCUT2D eigenvalue weighted by Crippen LogP contribution is -2.30. The monoisotopic (exact) mass is 394 g/mol. The molecule has 0 aliphatic carbocycles. The second-order valence-electron chi connectivity index (χ2n) is 7.57. The summed E-state index contributed by atoms with van der Waals surface area (Å²) >= 11 is 0.